The minimum absolute atomic E-state index is 0. The van der Waals surface area contributed by atoms with E-state index in [1.54, 1.807) is 12.1 Å². The molecule has 0 aromatic heterocycles. The average molecular weight is 269 g/mol. The third-order valence-corrected chi connectivity index (χ3v) is 2.92. The predicted octanol–water partition coefficient (Wildman–Crippen LogP) is 3.14. The maximum absolute atomic E-state index is 11.9. The fourth-order valence-corrected chi connectivity index (χ4v) is 0.963. The molecule has 19 heavy (non-hydrogen) atoms. The molecule has 108 valence electrons. The van der Waals surface area contributed by atoms with Crippen molar-refractivity contribution in [1.29, 1.82) is 0 Å². The van der Waals surface area contributed by atoms with Gasteiger partial charge >= 0.3 is 5.97 Å². The van der Waals surface area contributed by atoms with Crippen LogP contribution in [0, 0.1) is 11.3 Å². The normalized spacial score (nSPS) is 9.74. The van der Waals surface area contributed by atoms with E-state index in [0.29, 0.717) is 5.75 Å². The first kappa shape index (κ1) is 19.5. The molecule has 0 saturated carbocycles. The highest BCUT2D eigenvalue weighted by atomic mass is 16.5. The number of carbonyl (C=O) groups is 2. The molecule has 0 aliphatic carbocycles. The van der Waals surface area contributed by atoms with Crippen LogP contribution in [0.1, 0.15) is 27.7 Å². The Morgan fingerprint density at radius 3 is 2.05 bits per heavy atom. The van der Waals surface area contributed by atoms with E-state index in [1.807, 2.05) is 45.9 Å². The Hall–Kier alpha value is -1.88. The summed E-state index contributed by atoms with van der Waals surface area (Å²) >= 11 is 0. The first-order valence-electron chi connectivity index (χ1n) is 5.71. The minimum Gasteiger partial charge on any atom is -0.483 e. The van der Waals surface area contributed by atoms with Gasteiger partial charge in [0.15, 0.2) is 0 Å². The van der Waals surface area contributed by atoms with Crippen LogP contribution in [0.25, 0.3) is 0 Å². The van der Waals surface area contributed by atoms with Gasteiger partial charge in [0.05, 0.1) is 5.41 Å². The summed E-state index contributed by atoms with van der Waals surface area (Å²) in [5.74, 6) is 0.689. The number of para-hydroxylation sites is 1. The van der Waals surface area contributed by atoms with E-state index in [2.05, 4.69) is 0 Å². The summed E-state index contributed by atoms with van der Waals surface area (Å²) in [6.07, 6.45) is 0. The van der Waals surface area contributed by atoms with Gasteiger partial charge in [0, 0.05) is 0 Å². The fraction of sp³-hybridized carbons (Fsp3) is 0.429. The van der Waals surface area contributed by atoms with Crippen molar-refractivity contribution < 1.29 is 19.4 Å². The molecular weight excluding hydrogens is 246 g/mol. The summed E-state index contributed by atoms with van der Waals surface area (Å²) in [5.41, 5.74) is -0.449. The molecule has 0 unspecified atom stereocenters. The molecule has 0 amide bonds. The van der Waals surface area contributed by atoms with Crippen molar-refractivity contribution in [3.8, 4) is 5.75 Å². The fourth-order valence-electron chi connectivity index (χ4n) is 0.963. The van der Waals surface area contributed by atoms with Crippen molar-refractivity contribution in [3.63, 3.8) is 0 Å². The lowest BCUT2D eigenvalue weighted by molar-refractivity contribution is -0.146. The molecule has 0 heterocycles. The lowest BCUT2D eigenvalue weighted by Crippen LogP contribution is -2.33. The van der Waals surface area contributed by atoms with E-state index in [9.17, 15) is 4.79 Å². The number of esters is 1. The van der Waals surface area contributed by atoms with Crippen molar-refractivity contribution in [2.24, 2.45) is 11.3 Å². The van der Waals surface area contributed by atoms with Crippen molar-refractivity contribution >= 4 is 12.4 Å². The van der Waals surface area contributed by atoms with Crippen LogP contribution in [0.2, 0.25) is 0 Å². The summed E-state index contributed by atoms with van der Waals surface area (Å²) in [6.45, 7) is 7.60. The number of benzene rings is 1. The first-order valence-corrected chi connectivity index (χ1v) is 5.71. The quantitative estimate of drug-likeness (QED) is 0.499. The van der Waals surface area contributed by atoms with Crippen LogP contribution in [0.3, 0.4) is 0 Å². The van der Waals surface area contributed by atoms with Gasteiger partial charge in [0.1, 0.15) is 5.75 Å². The van der Waals surface area contributed by atoms with Gasteiger partial charge in [-0.1, -0.05) is 32.0 Å². The molecule has 5 heteroatoms. The number of hydrogen-bond acceptors (Lipinski definition) is 4. The zero-order chi connectivity index (χ0) is 14.2. The van der Waals surface area contributed by atoms with Crippen LogP contribution in [0.5, 0.6) is 5.75 Å². The largest absolute Gasteiger partial charge is 0.483 e. The molecule has 0 bridgehead atoms. The highest BCUT2D eigenvalue weighted by Crippen LogP contribution is 2.28. The van der Waals surface area contributed by atoms with Crippen LogP contribution in [-0.4, -0.2) is 17.5 Å². The lowest BCUT2D eigenvalue weighted by Gasteiger charge is -2.26. The molecule has 0 saturated heterocycles. The Labute approximate surface area is 114 Å². The molecule has 0 spiro atoms. The summed E-state index contributed by atoms with van der Waals surface area (Å²) in [4.78, 5) is 20.2. The molecule has 5 nitrogen and oxygen atoms in total. The summed E-state index contributed by atoms with van der Waals surface area (Å²) in [6, 6.07) is 9.17. The Kier molecular flexibility index (Phi) is 9.32. The molecule has 0 fully saturated rings. The topological polar surface area (TPSA) is 98.6 Å². The van der Waals surface area contributed by atoms with E-state index < -0.39 is 5.41 Å². The lowest BCUT2D eigenvalue weighted by atomic mass is 9.81. The van der Waals surface area contributed by atoms with Crippen molar-refractivity contribution in [1.82, 2.24) is 6.15 Å². The van der Waals surface area contributed by atoms with E-state index in [4.69, 9.17) is 14.6 Å². The van der Waals surface area contributed by atoms with Gasteiger partial charge in [0.25, 0.3) is 6.47 Å². The molecule has 4 N–H and O–H groups in total. The maximum atomic E-state index is 11.9. The Morgan fingerprint density at radius 1 is 1.26 bits per heavy atom. The van der Waals surface area contributed by atoms with Gasteiger partial charge in [-0.15, -0.1) is 0 Å². The second-order valence-electron chi connectivity index (χ2n) is 4.68. The molecule has 0 radical (unpaired) electrons. The molecule has 1 aromatic rings. The Bertz CT molecular complexity index is 374. The van der Waals surface area contributed by atoms with E-state index >= 15 is 0 Å². The van der Waals surface area contributed by atoms with E-state index in [1.165, 1.54) is 0 Å². The van der Waals surface area contributed by atoms with E-state index in [-0.39, 0.29) is 24.5 Å². The standard InChI is InChI=1S/C13H18O2.CH2O2.H3N/c1-10(2)13(3,4)12(14)15-11-8-6-5-7-9-11;2-1-3;/h5-10H,1-4H3;1H,(H,2,3);1H3. The number of carbonyl (C=O) groups excluding carboxylic acids is 1. The summed E-state index contributed by atoms with van der Waals surface area (Å²) in [5, 5.41) is 6.89. The number of ether oxygens (including phenoxy) is 1. The Balaban J connectivity index is 0. The third-order valence-electron chi connectivity index (χ3n) is 2.92. The average Bonchev–Trinajstić information content (AvgIpc) is 2.31. The minimum atomic E-state index is -0.449. The smallest absolute Gasteiger partial charge is 0.317 e. The van der Waals surface area contributed by atoms with Gasteiger partial charge in [-0.3, -0.25) is 9.59 Å². The van der Waals surface area contributed by atoms with Gasteiger partial charge in [-0.05, 0) is 31.9 Å². The highest BCUT2D eigenvalue weighted by Gasteiger charge is 2.33. The predicted molar refractivity (Wildman–Crippen MR) is 74.4 cm³/mol. The number of carboxylic acid groups (broad SMARTS) is 1. The number of hydrogen-bond donors (Lipinski definition) is 2. The van der Waals surface area contributed by atoms with Crippen LogP contribution in [0.4, 0.5) is 0 Å². The van der Waals surface area contributed by atoms with Crippen LogP contribution < -0.4 is 10.9 Å². The maximum Gasteiger partial charge on any atom is 0.317 e. The van der Waals surface area contributed by atoms with E-state index in [0.717, 1.165) is 0 Å². The van der Waals surface area contributed by atoms with Gasteiger partial charge in [-0.25, -0.2) is 0 Å². The SMILES string of the molecule is CC(C)C(C)(C)C(=O)Oc1ccccc1.N.O=CO. The second kappa shape index (κ2) is 9.10. The molecule has 0 aliphatic rings. The van der Waals surface area contributed by atoms with Gasteiger partial charge in [-0.2, -0.15) is 0 Å². The Morgan fingerprint density at radius 2 is 1.68 bits per heavy atom. The molecule has 0 atom stereocenters. The van der Waals surface area contributed by atoms with Crippen LogP contribution >= 0.6 is 0 Å². The van der Waals surface area contributed by atoms with Crippen molar-refractivity contribution in [2.75, 3.05) is 0 Å². The van der Waals surface area contributed by atoms with Crippen LogP contribution in [0.15, 0.2) is 30.3 Å². The zero-order valence-electron chi connectivity index (χ0n) is 11.9. The highest BCUT2D eigenvalue weighted by molar-refractivity contribution is 5.78. The van der Waals surface area contributed by atoms with Crippen molar-refractivity contribution in [2.45, 2.75) is 27.7 Å². The second-order valence-corrected chi connectivity index (χ2v) is 4.68. The van der Waals surface area contributed by atoms with Gasteiger partial charge < -0.3 is 16.0 Å². The monoisotopic (exact) mass is 269 g/mol. The third kappa shape index (κ3) is 6.57. The molecule has 1 rings (SSSR count). The molecular formula is C14H23NO4. The number of rotatable bonds is 3. The van der Waals surface area contributed by atoms with Crippen molar-refractivity contribution in [3.05, 3.63) is 30.3 Å². The molecule has 0 aliphatic heterocycles. The summed E-state index contributed by atoms with van der Waals surface area (Å²) < 4.78 is 5.30. The molecule has 1 aromatic carbocycles. The summed E-state index contributed by atoms with van der Waals surface area (Å²) in [7, 11) is 0. The van der Waals surface area contributed by atoms with Crippen LogP contribution in [-0.2, 0) is 9.59 Å². The first-order chi connectivity index (χ1) is 8.36. The zero-order valence-corrected chi connectivity index (χ0v) is 11.9. The van der Waals surface area contributed by atoms with Gasteiger partial charge in [0.2, 0.25) is 0 Å².